The molecule has 2 amide bonds. The number of likely N-dealkylation sites (tertiary alicyclic amines) is 1. The fraction of sp³-hybridized carbons (Fsp3) is 0.375. The molecule has 1 saturated heterocycles. The molecule has 110 valence electrons. The molecule has 0 spiro atoms. The summed E-state index contributed by atoms with van der Waals surface area (Å²) < 4.78 is 0. The molecule has 5 nitrogen and oxygen atoms in total. The highest BCUT2D eigenvalue weighted by atomic mass is 16.2. The molecule has 0 aromatic heterocycles. The van der Waals surface area contributed by atoms with Crippen LogP contribution in [0.4, 0.5) is 0 Å². The zero-order valence-corrected chi connectivity index (χ0v) is 12.1. The normalized spacial score (nSPS) is 17.9. The number of rotatable bonds is 2. The number of carbonyl (C=O) groups is 2. The molecule has 1 heterocycles. The Balaban J connectivity index is 2.09. The number of piperidine rings is 1. The van der Waals surface area contributed by atoms with Crippen LogP contribution in [0.1, 0.15) is 28.8 Å². The third-order valence-electron chi connectivity index (χ3n) is 3.46. The third-order valence-corrected chi connectivity index (χ3v) is 3.46. The van der Waals surface area contributed by atoms with Crippen LogP contribution in [0.25, 0.3) is 0 Å². The van der Waals surface area contributed by atoms with Gasteiger partial charge in [-0.05, 0) is 18.6 Å². The molecule has 0 saturated carbocycles. The maximum Gasteiger partial charge on any atom is 0.252 e. The Morgan fingerprint density at radius 3 is 2.95 bits per heavy atom. The maximum atomic E-state index is 12.4. The van der Waals surface area contributed by atoms with Gasteiger partial charge in [0.25, 0.3) is 5.91 Å². The van der Waals surface area contributed by atoms with Crippen molar-refractivity contribution < 1.29 is 9.59 Å². The first kappa shape index (κ1) is 15.1. The quantitative estimate of drug-likeness (QED) is 0.770. The molecule has 21 heavy (non-hydrogen) atoms. The molecule has 0 radical (unpaired) electrons. The number of hydrogen-bond acceptors (Lipinski definition) is 3. The van der Waals surface area contributed by atoms with Gasteiger partial charge in [-0.2, -0.15) is 0 Å². The van der Waals surface area contributed by atoms with Gasteiger partial charge < -0.3 is 16.0 Å². The molecule has 1 unspecified atom stereocenters. The molecule has 5 heteroatoms. The van der Waals surface area contributed by atoms with E-state index in [9.17, 15) is 9.59 Å². The van der Waals surface area contributed by atoms with Gasteiger partial charge in [0.2, 0.25) is 5.91 Å². The fourth-order valence-electron chi connectivity index (χ4n) is 2.33. The number of carbonyl (C=O) groups excluding carboxylic acids is 2. The van der Waals surface area contributed by atoms with Crippen LogP contribution in [-0.2, 0) is 4.79 Å². The lowest BCUT2D eigenvalue weighted by Gasteiger charge is -2.30. The summed E-state index contributed by atoms with van der Waals surface area (Å²) in [4.78, 5) is 25.5. The van der Waals surface area contributed by atoms with E-state index in [1.54, 1.807) is 30.1 Å². The summed E-state index contributed by atoms with van der Waals surface area (Å²) >= 11 is 0. The van der Waals surface area contributed by atoms with Crippen LogP contribution < -0.4 is 11.1 Å². The first-order valence-corrected chi connectivity index (χ1v) is 6.94. The molecule has 0 aliphatic carbocycles. The number of nitrogens with two attached hydrogens (primary N) is 1. The number of nitrogens with zero attached hydrogens (tertiary/aromatic N) is 1. The zero-order chi connectivity index (χ0) is 15.2. The lowest BCUT2D eigenvalue weighted by molar-refractivity contribution is -0.132. The fourth-order valence-corrected chi connectivity index (χ4v) is 2.33. The van der Waals surface area contributed by atoms with Crippen molar-refractivity contribution in [3.8, 4) is 11.8 Å². The average molecular weight is 285 g/mol. The monoisotopic (exact) mass is 285 g/mol. The van der Waals surface area contributed by atoms with Gasteiger partial charge in [0.05, 0.1) is 12.1 Å². The molecule has 0 bridgehead atoms. The minimum absolute atomic E-state index is 0.0178. The number of likely N-dealkylation sites (N-methyl/N-ethyl adjacent to an activating group) is 1. The summed E-state index contributed by atoms with van der Waals surface area (Å²) in [7, 11) is 1.75. The number of amides is 2. The largest absolute Gasteiger partial charge is 0.347 e. The van der Waals surface area contributed by atoms with Crippen molar-refractivity contribution in [1.29, 1.82) is 0 Å². The van der Waals surface area contributed by atoms with Crippen LogP contribution in [0.5, 0.6) is 0 Å². The van der Waals surface area contributed by atoms with Crippen LogP contribution in [0.2, 0.25) is 0 Å². The third kappa shape index (κ3) is 3.83. The van der Waals surface area contributed by atoms with E-state index in [1.807, 2.05) is 6.07 Å². The van der Waals surface area contributed by atoms with Gasteiger partial charge in [-0.3, -0.25) is 9.59 Å². The van der Waals surface area contributed by atoms with Gasteiger partial charge in [0.15, 0.2) is 0 Å². The SMILES string of the molecule is CN1CC(NC(=O)c2ccccc2C#CCN)CCC1=O. The zero-order valence-electron chi connectivity index (χ0n) is 12.1. The van der Waals surface area contributed by atoms with Crippen LogP contribution >= 0.6 is 0 Å². The van der Waals surface area contributed by atoms with Crippen molar-refractivity contribution in [3.05, 3.63) is 35.4 Å². The van der Waals surface area contributed by atoms with E-state index >= 15 is 0 Å². The van der Waals surface area contributed by atoms with Crippen molar-refractivity contribution >= 4 is 11.8 Å². The van der Waals surface area contributed by atoms with E-state index in [0.717, 1.165) is 0 Å². The van der Waals surface area contributed by atoms with E-state index < -0.39 is 0 Å². The summed E-state index contributed by atoms with van der Waals surface area (Å²) in [6.07, 6.45) is 1.14. The first-order valence-electron chi connectivity index (χ1n) is 6.94. The van der Waals surface area contributed by atoms with Gasteiger partial charge in [0.1, 0.15) is 0 Å². The summed E-state index contributed by atoms with van der Waals surface area (Å²) in [6.45, 7) is 0.798. The molecule has 1 aliphatic rings. The lowest BCUT2D eigenvalue weighted by Crippen LogP contribution is -2.48. The highest BCUT2D eigenvalue weighted by molar-refractivity contribution is 5.97. The molecule has 3 N–H and O–H groups in total. The minimum Gasteiger partial charge on any atom is -0.347 e. The van der Waals surface area contributed by atoms with Crippen LogP contribution in [0.3, 0.4) is 0 Å². The Bertz CT molecular complexity index is 601. The van der Waals surface area contributed by atoms with Crippen molar-refractivity contribution in [2.24, 2.45) is 5.73 Å². The predicted molar refractivity (Wildman–Crippen MR) is 80.5 cm³/mol. The predicted octanol–water partition coefficient (Wildman–Crippen LogP) is 0.347. The van der Waals surface area contributed by atoms with Gasteiger partial charge in [0, 0.05) is 31.6 Å². The molecule has 1 aromatic rings. The second-order valence-corrected chi connectivity index (χ2v) is 5.03. The van der Waals surface area contributed by atoms with E-state index in [1.165, 1.54) is 0 Å². The minimum atomic E-state index is -0.162. The number of benzene rings is 1. The van der Waals surface area contributed by atoms with Crippen molar-refractivity contribution in [2.75, 3.05) is 20.1 Å². The molecule has 1 atom stereocenters. The Kier molecular flexibility index (Phi) is 4.96. The highest BCUT2D eigenvalue weighted by Gasteiger charge is 2.24. The van der Waals surface area contributed by atoms with E-state index in [2.05, 4.69) is 17.2 Å². The Hall–Kier alpha value is -2.32. The molecule has 1 aromatic carbocycles. The topological polar surface area (TPSA) is 75.4 Å². The highest BCUT2D eigenvalue weighted by Crippen LogP contribution is 2.12. The van der Waals surface area contributed by atoms with Crippen LogP contribution in [0, 0.1) is 11.8 Å². The van der Waals surface area contributed by atoms with Crippen LogP contribution in [0.15, 0.2) is 24.3 Å². The smallest absolute Gasteiger partial charge is 0.252 e. The van der Waals surface area contributed by atoms with Crippen molar-refractivity contribution in [3.63, 3.8) is 0 Å². The Morgan fingerprint density at radius 1 is 1.48 bits per heavy atom. The maximum absolute atomic E-state index is 12.4. The van der Waals surface area contributed by atoms with Gasteiger partial charge in [-0.1, -0.05) is 24.0 Å². The van der Waals surface area contributed by atoms with Gasteiger partial charge in [-0.25, -0.2) is 0 Å². The number of hydrogen-bond donors (Lipinski definition) is 2. The molecular weight excluding hydrogens is 266 g/mol. The summed E-state index contributed by atoms with van der Waals surface area (Å²) in [6, 6.07) is 7.17. The molecular formula is C16H19N3O2. The summed E-state index contributed by atoms with van der Waals surface area (Å²) in [5.74, 6) is 5.63. The average Bonchev–Trinajstić information content (AvgIpc) is 2.49. The standard InChI is InChI=1S/C16H19N3O2/c1-19-11-13(8-9-15(19)20)18-16(21)14-7-3-2-5-12(14)6-4-10-17/h2-3,5,7,13H,8-11,17H2,1H3,(H,18,21). The first-order chi connectivity index (χ1) is 10.1. The van der Waals surface area contributed by atoms with Crippen molar-refractivity contribution in [1.82, 2.24) is 10.2 Å². The van der Waals surface area contributed by atoms with Crippen LogP contribution in [-0.4, -0.2) is 42.9 Å². The Labute approximate surface area is 124 Å². The lowest BCUT2D eigenvalue weighted by atomic mass is 10.0. The molecule has 1 aliphatic heterocycles. The summed E-state index contributed by atoms with van der Waals surface area (Å²) in [5, 5.41) is 2.97. The second-order valence-electron chi connectivity index (χ2n) is 5.03. The van der Waals surface area contributed by atoms with Gasteiger partial charge >= 0.3 is 0 Å². The van der Waals surface area contributed by atoms with Crippen molar-refractivity contribution in [2.45, 2.75) is 18.9 Å². The summed E-state index contributed by atoms with van der Waals surface area (Å²) in [5.41, 5.74) is 6.58. The van der Waals surface area contributed by atoms with E-state index in [0.29, 0.717) is 30.5 Å². The van der Waals surface area contributed by atoms with E-state index in [4.69, 9.17) is 5.73 Å². The second kappa shape index (κ2) is 6.91. The van der Waals surface area contributed by atoms with Gasteiger partial charge in [-0.15, -0.1) is 0 Å². The Morgan fingerprint density at radius 2 is 2.24 bits per heavy atom. The number of nitrogens with one attached hydrogen (secondary N) is 1. The molecule has 1 fully saturated rings. The van der Waals surface area contributed by atoms with E-state index in [-0.39, 0.29) is 24.4 Å². The molecule has 2 rings (SSSR count).